The third-order valence-electron chi connectivity index (χ3n) is 7.54. The first kappa shape index (κ1) is 25.3. The Kier molecular flexibility index (Phi) is 6.84. The van der Waals surface area contributed by atoms with E-state index in [9.17, 15) is 24.5 Å². The lowest BCUT2D eigenvalue weighted by molar-refractivity contribution is -0.384. The van der Waals surface area contributed by atoms with Crippen molar-refractivity contribution >= 4 is 34.9 Å². The smallest absolute Gasteiger partial charge is 0.335 e. The van der Waals surface area contributed by atoms with E-state index in [1.165, 1.54) is 12.1 Å². The Balaban J connectivity index is 1.94. The normalized spacial score (nSPS) is 21.6. The van der Waals surface area contributed by atoms with Crippen molar-refractivity contribution in [2.75, 3.05) is 16.3 Å². The number of carbonyl (C=O) groups is 3. The van der Waals surface area contributed by atoms with Gasteiger partial charge in [0.25, 0.3) is 11.6 Å². The van der Waals surface area contributed by atoms with E-state index < -0.39 is 34.2 Å². The number of benzene rings is 2. The summed E-state index contributed by atoms with van der Waals surface area (Å²) in [6, 6.07) is 8.74. The molecule has 1 saturated heterocycles. The Labute approximate surface area is 210 Å². The van der Waals surface area contributed by atoms with Gasteiger partial charge in [0.05, 0.1) is 16.7 Å². The van der Waals surface area contributed by atoms with Crippen LogP contribution < -0.4 is 15.1 Å². The number of fused-ring (bicyclic) bond motifs is 1. The molecule has 2 aromatic carbocycles. The lowest BCUT2D eigenvalue weighted by Gasteiger charge is -2.52. The largest absolute Gasteiger partial charge is 0.367 e. The second-order valence-corrected chi connectivity index (χ2v) is 9.69. The molecule has 0 saturated carbocycles. The number of urea groups is 1. The van der Waals surface area contributed by atoms with Gasteiger partial charge in [-0.05, 0) is 55.5 Å². The molecule has 1 spiro atoms. The lowest BCUT2D eigenvalue weighted by atomic mass is 9.67. The van der Waals surface area contributed by atoms with Gasteiger partial charge < -0.3 is 4.90 Å². The molecule has 0 aromatic heterocycles. The minimum Gasteiger partial charge on any atom is -0.367 e. The number of barbiturate groups is 1. The van der Waals surface area contributed by atoms with Gasteiger partial charge in [0, 0.05) is 30.8 Å². The minimum absolute atomic E-state index is 0.0172. The zero-order chi connectivity index (χ0) is 26.2. The summed E-state index contributed by atoms with van der Waals surface area (Å²) >= 11 is 0. The average Bonchev–Trinajstić information content (AvgIpc) is 2.84. The quantitative estimate of drug-likeness (QED) is 0.337. The highest BCUT2D eigenvalue weighted by Crippen LogP contribution is 2.47. The fourth-order valence-electron chi connectivity index (χ4n) is 5.54. The monoisotopic (exact) mass is 492 g/mol. The summed E-state index contributed by atoms with van der Waals surface area (Å²) in [5.74, 6) is -1.22. The number of nitro benzene ring substituents is 1. The van der Waals surface area contributed by atoms with Crippen molar-refractivity contribution in [1.29, 1.82) is 0 Å². The maximum absolute atomic E-state index is 14.4. The van der Waals surface area contributed by atoms with Crippen molar-refractivity contribution in [2.24, 2.45) is 5.41 Å². The van der Waals surface area contributed by atoms with Crippen LogP contribution in [0.25, 0.3) is 0 Å². The Bertz CT molecular complexity index is 1240. The number of non-ortho nitro benzene ring substituents is 1. The number of hydrogen-bond donors (Lipinski definition) is 1. The first-order chi connectivity index (χ1) is 17.2. The van der Waals surface area contributed by atoms with E-state index >= 15 is 0 Å². The highest BCUT2D eigenvalue weighted by molar-refractivity contribution is 6.31. The maximum Gasteiger partial charge on any atom is 0.335 e. The number of nitrogens with one attached hydrogen (secondary N) is 1. The summed E-state index contributed by atoms with van der Waals surface area (Å²) in [6.45, 7) is 8.38. The van der Waals surface area contributed by atoms with Crippen LogP contribution in [0.5, 0.6) is 0 Å². The molecule has 2 heterocycles. The molecule has 1 fully saturated rings. The van der Waals surface area contributed by atoms with E-state index in [4.69, 9.17) is 0 Å². The molecule has 9 nitrogen and oxygen atoms in total. The van der Waals surface area contributed by atoms with Crippen molar-refractivity contribution in [3.8, 4) is 0 Å². The average molecular weight is 493 g/mol. The van der Waals surface area contributed by atoms with Crippen LogP contribution in [-0.2, 0) is 16.0 Å². The molecule has 4 rings (SSSR count). The lowest BCUT2D eigenvalue weighted by Crippen LogP contribution is -2.72. The summed E-state index contributed by atoms with van der Waals surface area (Å²) in [6.07, 6.45) is 2.97. The topological polar surface area (TPSA) is 113 Å². The summed E-state index contributed by atoms with van der Waals surface area (Å²) in [5, 5.41) is 14.0. The second kappa shape index (κ2) is 9.72. The number of nitrogens with zero attached hydrogens (tertiary/aromatic N) is 3. The fraction of sp³-hybridized carbons (Fsp3) is 0.444. The first-order valence-electron chi connectivity index (χ1n) is 12.5. The van der Waals surface area contributed by atoms with Gasteiger partial charge in [0.1, 0.15) is 0 Å². The Hall–Kier alpha value is -3.75. The highest BCUT2D eigenvalue weighted by Gasteiger charge is 2.62. The first-order valence-corrected chi connectivity index (χ1v) is 12.5. The summed E-state index contributed by atoms with van der Waals surface area (Å²) in [5.41, 5.74) is 1.78. The van der Waals surface area contributed by atoms with E-state index in [-0.39, 0.29) is 12.1 Å². The second-order valence-electron chi connectivity index (χ2n) is 9.69. The van der Waals surface area contributed by atoms with Gasteiger partial charge in [-0.2, -0.15) is 0 Å². The molecular weight excluding hydrogens is 460 g/mol. The number of nitro groups is 1. The summed E-state index contributed by atoms with van der Waals surface area (Å²) in [7, 11) is 0. The third-order valence-corrected chi connectivity index (χ3v) is 7.54. The molecule has 4 amide bonds. The zero-order valence-electron chi connectivity index (χ0n) is 21.2. The zero-order valence-corrected chi connectivity index (χ0v) is 21.2. The molecule has 1 N–H and O–H groups in total. The van der Waals surface area contributed by atoms with Crippen LogP contribution >= 0.6 is 0 Å². The van der Waals surface area contributed by atoms with Gasteiger partial charge in [-0.15, -0.1) is 0 Å². The van der Waals surface area contributed by atoms with Crippen LogP contribution in [-0.4, -0.2) is 35.4 Å². The number of aryl methyl sites for hydroxylation is 1. The maximum atomic E-state index is 14.4. The predicted molar refractivity (Wildman–Crippen MR) is 137 cm³/mol. The van der Waals surface area contributed by atoms with Crippen LogP contribution in [0.15, 0.2) is 36.4 Å². The van der Waals surface area contributed by atoms with E-state index in [0.29, 0.717) is 24.2 Å². The van der Waals surface area contributed by atoms with Crippen LogP contribution in [0.2, 0.25) is 0 Å². The number of unbranched alkanes of at least 4 members (excludes halogenated alkanes) is 1. The molecule has 9 heteroatoms. The molecule has 36 heavy (non-hydrogen) atoms. The number of rotatable bonds is 7. The third kappa shape index (κ3) is 3.92. The van der Waals surface area contributed by atoms with E-state index in [2.05, 4.69) is 17.1 Å². The fourth-order valence-corrected chi connectivity index (χ4v) is 5.54. The minimum atomic E-state index is -1.60. The van der Waals surface area contributed by atoms with E-state index in [1.807, 2.05) is 26.8 Å². The molecule has 0 radical (unpaired) electrons. The summed E-state index contributed by atoms with van der Waals surface area (Å²) in [4.78, 5) is 55.4. The van der Waals surface area contributed by atoms with E-state index in [1.54, 1.807) is 18.2 Å². The SMILES string of the molecule is CCCCN1c2ccc([N+](=O)[O-])cc2CC2(C(=O)NC(=O)N(c3cccc(C)c3C)C2=O)C1CCC. The molecule has 2 unspecified atom stereocenters. The Morgan fingerprint density at radius 1 is 1.08 bits per heavy atom. The molecule has 2 atom stereocenters. The molecule has 0 aliphatic carbocycles. The standard InChI is InChI=1S/C27H32N4O5/c1-5-7-14-29-22-13-12-20(31(35)36)15-19(22)16-27(23(29)9-6-2)24(32)28-26(34)30(25(27)33)21-11-8-10-17(3)18(21)4/h8,10-13,15,23H,5-7,9,14,16H2,1-4H3,(H,28,32,34). The van der Waals surface area contributed by atoms with Crippen molar-refractivity contribution in [2.45, 2.75) is 65.8 Å². The number of imide groups is 2. The van der Waals surface area contributed by atoms with Gasteiger partial charge >= 0.3 is 6.03 Å². The summed E-state index contributed by atoms with van der Waals surface area (Å²) < 4.78 is 0. The molecule has 2 aliphatic rings. The van der Waals surface area contributed by atoms with Gasteiger partial charge in [0.2, 0.25) is 5.91 Å². The number of carbonyl (C=O) groups excluding carboxylic acids is 3. The van der Waals surface area contributed by atoms with Crippen LogP contribution in [0.1, 0.15) is 56.2 Å². The van der Waals surface area contributed by atoms with Crippen molar-refractivity contribution in [3.63, 3.8) is 0 Å². The van der Waals surface area contributed by atoms with Crippen LogP contribution in [0, 0.1) is 29.4 Å². The van der Waals surface area contributed by atoms with Gasteiger partial charge in [-0.3, -0.25) is 25.0 Å². The van der Waals surface area contributed by atoms with Crippen molar-refractivity contribution in [3.05, 3.63) is 63.2 Å². The Morgan fingerprint density at radius 2 is 1.83 bits per heavy atom. The van der Waals surface area contributed by atoms with Gasteiger partial charge in [-0.25, -0.2) is 9.69 Å². The number of anilines is 2. The molecule has 2 aromatic rings. The van der Waals surface area contributed by atoms with Crippen molar-refractivity contribution in [1.82, 2.24) is 5.32 Å². The Morgan fingerprint density at radius 3 is 2.50 bits per heavy atom. The van der Waals surface area contributed by atoms with Crippen LogP contribution in [0.4, 0.5) is 21.9 Å². The molecule has 190 valence electrons. The van der Waals surface area contributed by atoms with Gasteiger partial charge in [-0.1, -0.05) is 38.8 Å². The highest BCUT2D eigenvalue weighted by atomic mass is 16.6. The van der Waals surface area contributed by atoms with E-state index in [0.717, 1.165) is 41.0 Å². The molecule has 2 aliphatic heterocycles. The predicted octanol–water partition coefficient (Wildman–Crippen LogP) is 4.81. The van der Waals surface area contributed by atoms with Crippen LogP contribution in [0.3, 0.4) is 0 Å². The van der Waals surface area contributed by atoms with Crippen molar-refractivity contribution < 1.29 is 19.3 Å². The number of amides is 4. The molecule has 0 bridgehead atoms. The number of hydrogen-bond acceptors (Lipinski definition) is 6. The van der Waals surface area contributed by atoms with Gasteiger partial charge in [0.15, 0.2) is 5.41 Å². The molecular formula is C27H32N4O5.